The van der Waals surface area contributed by atoms with Crippen molar-refractivity contribution in [1.82, 2.24) is 9.55 Å². The van der Waals surface area contributed by atoms with Crippen LogP contribution in [0.2, 0.25) is 5.15 Å². The second-order valence-electron chi connectivity index (χ2n) is 5.99. The van der Waals surface area contributed by atoms with Crippen LogP contribution in [0.25, 0.3) is 0 Å². The Bertz CT molecular complexity index is 882. The molecule has 1 aromatic heterocycles. The van der Waals surface area contributed by atoms with Crippen molar-refractivity contribution in [3.05, 3.63) is 125 Å². The Morgan fingerprint density at radius 1 is 0.692 bits per heavy atom. The van der Waals surface area contributed by atoms with Crippen molar-refractivity contribution in [3.8, 4) is 0 Å². The van der Waals surface area contributed by atoms with Crippen LogP contribution in [0.3, 0.4) is 0 Å². The molecule has 128 valence electrons. The van der Waals surface area contributed by atoms with E-state index >= 15 is 0 Å². The van der Waals surface area contributed by atoms with Crippen molar-refractivity contribution in [2.75, 3.05) is 0 Å². The molecule has 0 aliphatic heterocycles. The lowest BCUT2D eigenvalue weighted by molar-refractivity contribution is 0.397. The molecule has 3 aromatic carbocycles. The Morgan fingerprint density at radius 3 is 1.38 bits per heavy atom. The number of hydrogen-bond donors (Lipinski definition) is 0. The molecule has 0 amide bonds. The Morgan fingerprint density at radius 2 is 1.08 bits per heavy atom. The molecule has 0 atom stereocenters. The van der Waals surface area contributed by atoms with Crippen molar-refractivity contribution in [1.29, 1.82) is 0 Å². The number of nitrogens with zero attached hydrogens (tertiary/aromatic N) is 2. The van der Waals surface area contributed by atoms with Crippen molar-refractivity contribution >= 4 is 11.6 Å². The second kappa shape index (κ2) is 6.77. The largest absolute Gasteiger partial charge is 0.291 e. The average molecular weight is 363 g/mol. The molecule has 1 heterocycles. The second-order valence-corrected chi connectivity index (χ2v) is 6.38. The zero-order valence-electron chi connectivity index (χ0n) is 13.9. The van der Waals surface area contributed by atoms with Gasteiger partial charge in [0.25, 0.3) is 6.08 Å². The van der Waals surface area contributed by atoms with Gasteiger partial charge in [-0.25, -0.2) is 4.98 Å². The first-order valence-electron chi connectivity index (χ1n) is 8.30. The number of hydrogen-bond acceptors (Lipinski definition) is 1. The van der Waals surface area contributed by atoms with Gasteiger partial charge in [-0.1, -0.05) is 103 Å². The molecule has 0 unspecified atom stereocenters. The van der Waals surface area contributed by atoms with Gasteiger partial charge < -0.3 is 0 Å². The normalized spacial score (nSPS) is 11.5. The van der Waals surface area contributed by atoms with Crippen molar-refractivity contribution in [2.45, 2.75) is 5.54 Å². The zero-order valence-corrected chi connectivity index (χ0v) is 14.6. The molecule has 26 heavy (non-hydrogen) atoms. The van der Waals surface area contributed by atoms with E-state index in [4.69, 9.17) is 11.6 Å². The molecule has 0 bridgehead atoms. The third-order valence-corrected chi connectivity index (χ3v) is 4.85. The van der Waals surface area contributed by atoms with Gasteiger partial charge in [-0.2, -0.15) is 4.39 Å². The van der Waals surface area contributed by atoms with E-state index < -0.39 is 11.6 Å². The number of imidazole rings is 1. The van der Waals surface area contributed by atoms with Crippen LogP contribution >= 0.6 is 11.6 Å². The van der Waals surface area contributed by atoms with Gasteiger partial charge in [0, 0.05) is 0 Å². The van der Waals surface area contributed by atoms with E-state index in [1.807, 2.05) is 91.0 Å². The first-order chi connectivity index (χ1) is 12.7. The molecule has 4 heteroatoms. The van der Waals surface area contributed by atoms with E-state index in [0.29, 0.717) is 0 Å². The van der Waals surface area contributed by atoms with Crippen LogP contribution < -0.4 is 0 Å². The third-order valence-electron chi connectivity index (χ3n) is 4.59. The molecular weight excluding hydrogens is 347 g/mol. The highest BCUT2D eigenvalue weighted by atomic mass is 35.5. The molecule has 0 N–H and O–H groups in total. The lowest BCUT2D eigenvalue weighted by Gasteiger charge is -2.37. The molecule has 4 aromatic rings. The average Bonchev–Trinajstić information content (AvgIpc) is 3.04. The lowest BCUT2D eigenvalue weighted by Crippen LogP contribution is -2.39. The predicted molar refractivity (Wildman–Crippen MR) is 102 cm³/mol. The Kier molecular flexibility index (Phi) is 4.31. The van der Waals surface area contributed by atoms with Gasteiger partial charge in [0.15, 0.2) is 0 Å². The maximum Gasteiger partial charge on any atom is 0.291 e. The first-order valence-corrected chi connectivity index (χ1v) is 8.68. The summed E-state index contributed by atoms with van der Waals surface area (Å²) in [4.78, 5) is 3.82. The summed E-state index contributed by atoms with van der Waals surface area (Å²) >= 11 is 6.44. The fourth-order valence-electron chi connectivity index (χ4n) is 3.53. The molecule has 0 radical (unpaired) electrons. The standard InChI is InChI=1S/C22H16ClFN2/c23-20-16-25-21(24)26(20)22(17-10-4-1-5-11-17,18-12-6-2-7-13-18)19-14-8-3-9-15-19/h1-16H. The topological polar surface area (TPSA) is 17.8 Å². The van der Waals surface area contributed by atoms with Crippen LogP contribution in [-0.4, -0.2) is 9.55 Å². The minimum atomic E-state index is -0.971. The number of halogens is 2. The van der Waals surface area contributed by atoms with Crippen molar-refractivity contribution in [2.24, 2.45) is 0 Å². The van der Waals surface area contributed by atoms with Gasteiger partial charge in [-0.05, 0) is 16.7 Å². The van der Waals surface area contributed by atoms with Crippen LogP contribution in [0, 0.1) is 6.08 Å². The maximum atomic E-state index is 14.9. The minimum absolute atomic E-state index is 0.235. The SMILES string of the molecule is Fc1ncc(Cl)n1C(c1ccccc1)(c1ccccc1)c1ccccc1. The van der Waals surface area contributed by atoms with Crippen molar-refractivity contribution < 1.29 is 4.39 Å². The van der Waals surface area contributed by atoms with Gasteiger partial charge in [0.05, 0.1) is 6.20 Å². The van der Waals surface area contributed by atoms with Gasteiger partial charge in [-0.15, -0.1) is 0 Å². The summed E-state index contributed by atoms with van der Waals surface area (Å²) in [5.41, 5.74) is 1.73. The molecule has 0 aliphatic carbocycles. The quantitative estimate of drug-likeness (QED) is 0.437. The molecule has 0 fully saturated rings. The fourth-order valence-corrected chi connectivity index (χ4v) is 3.78. The highest BCUT2D eigenvalue weighted by molar-refractivity contribution is 6.29. The summed E-state index contributed by atoms with van der Waals surface area (Å²) in [7, 11) is 0. The van der Waals surface area contributed by atoms with E-state index in [1.165, 1.54) is 10.8 Å². The van der Waals surface area contributed by atoms with E-state index in [9.17, 15) is 4.39 Å². The van der Waals surface area contributed by atoms with E-state index in [-0.39, 0.29) is 5.15 Å². The molecule has 0 saturated carbocycles. The van der Waals surface area contributed by atoms with Gasteiger partial charge in [0.2, 0.25) is 0 Å². The number of rotatable bonds is 4. The van der Waals surface area contributed by atoms with Crippen LogP contribution in [0.1, 0.15) is 16.7 Å². The van der Waals surface area contributed by atoms with Gasteiger partial charge >= 0.3 is 0 Å². The lowest BCUT2D eigenvalue weighted by atomic mass is 9.76. The summed E-state index contributed by atoms with van der Waals surface area (Å²) in [6.45, 7) is 0. The summed E-state index contributed by atoms with van der Waals surface area (Å²) in [5.74, 6) is 0. The molecule has 0 aliphatic rings. The van der Waals surface area contributed by atoms with E-state index in [2.05, 4.69) is 4.98 Å². The summed E-state index contributed by atoms with van der Waals surface area (Å²) in [5, 5.41) is 0.235. The molecule has 4 rings (SSSR count). The predicted octanol–water partition coefficient (Wildman–Crippen LogP) is 5.52. The molecular formula is C22H16ClFN2. The third kappa shape index (κ3) is 2.52. The Hall–Kier alpha value is -2.91. The molecule has 0 spiro atoms. The van der Waals surface area contributed by atoms with Crippen LogP contribution in [-0.2, 0) is 5.54 Å². The van der Waals surface area contributed by atoms with Gasteiger partial charge in [-0.3, -0.25) is 4.57 Å². The monoisotopic (exact) mass is 362 g/mol. The number of aromatic nitrogens is 2. The minimum Gasteiger partial charge on any atom is -0.272 e. The highest BCUT2D eigenvalue weighted by Gasteiger charge is 2.41. The Balaban J connectivity index is 2.19. The smallest absolute Gasteiger partial charge is 0.272 e. The fraction of sp³-hybridized carbons (Fsp3) is 0.0455. The van der Waals surface area contributed by atoms with Crippen LogP contribution in [0.5, 0.6) is 0 Å². The maximum absolute atomic E-state index is 14.9. The summed E-state index contributed by atoms with van der Waals surface area (Å²) < 4.78 is 16.4. The zero-order chi connectivity index (χ0) is 18.0. The van der Waals surface area contributed by atoms with Crippen LogP contribution in [0.15, 0.2) is 97.2 Å². The molecule has 2 nitrogen and oxygen atoms in total. The number of benzene rings is 3. The van der Waals surface area contributed by atoms with E-state index in [1.54, 1.807) is 0 Å². The van der Waals surface area contributed by atoms with Crippen molar-refractivity contribution in [3.63, 3.8) is 0 Å². The summed E-state index contributed by atoms with van der Waals surface area (Å²) in [6, 6.07) is 29.4. The summed E-state index contributed by atoms with van der Waals surface area (Å²) in [6.07, 6.45) is 0.715. The van der Waals surface area contributed by atoms with Crippen LogP contribution in [0.4, 0.5) is 4.39 Å². The van der Waals surface area contributed by atoms with Gasteiger partial charge in [0.1, 0.15) is 10.7 Å². The highest BCUT2D eigenvalue weighted by Crippen LogP contribution is 2.42. The van der Waals surface area contributed by atoms with E-state index in [0.717, 1.165) is 16.7 Å². The Labute approximate surface area is 156 Å². The first kappa shape index (κ1) is 16.6. The molecule has 0 saturated heterocycles.